The Morgan fingerprint density at radius 2 is 1.58 bits per heavy atom. The van der Waals surface area contributed by atoms with E-state index in [4.69, 9.17) is 0 Å². The third kappa shape index (κ3) is 4.31. The molecule has 1 aromatic heterocycles. The SMILES string of the molecule is O=C(CSc1nnc(-c2ccccc2O)n1-c1ccccc1)Nc1cccc2ccccc12. The van der Waals surface area contributed by atoms with E-state index in [1.54, 1.807) is 18.2 Å². The summed E-state index contributed by atoms with van der Waals surface area (Å²) in [6, 6.07) is 30.4. The summed E-state index contributed by atoms with van der Waals surface area (Å²) in [6.07, 6.45) is 0. The molecule has 0 unspecified atom stereocenters. The van der Waals surface area contributed by atoms with Crippen LogP contribution in [-0.4, -0.2) is 31.5 Å². The van der Waals surface area contributed by atoms with Crippen molar-refractivity contribution in [2.75, 3.05) is 11.1 Å². The van der Waals surface area contributed by atoms with Crippen LogP contribution in [0.1, 0.15) is 0 Å². The monoisotopic (exact) mass is 452 g/mol. The molecule has 162 valence electrons. The number of aromatic hydroxyl groups is 1. The highest BCUT2D eigenvalue weighted by molar-refractivity contribution is 7.99. The van der Waals surface area contributed by atoms with Crippen molar-refractivity contribution < 1.29 is 9.90 Å². The first-order chi connectivity index (χ1) is 16.2. The first kappa shape index (κ1) is 20.8. The maximum Gasteiger partial charge on any atom is 0.234 e. The molecule has 0 fully saturated rings. The second-order valence-electron chi connectivity index (χ2n) is 7.36. The first-order valence-electron chi connectivity index (χ1n) is 10.4. The lowest BCUT2D eigenvalue weighted by Gasteiger charge is -2.11. The molecule has 0 saturated heterocycles. The summed E-state index contributed by atoms with van der Waals surface area (Å²) in [4.78, 5) is 12.8. The van der Waals surface area contributed by atoms with Gasteiger partial charge in [-0.15, -0.1) is 10.2 Å². The molecule has 7 heteroatoms. The zero-order valence-electron chi connectivity index (χ0n) is 17.6. The van der Waals surface area contributed by atoms with Gasteiger partial charge in [-0.3, -0.25) is 9.36 Å². The molecule has 1 heterocycles. The minimum absolute atomic E-state index is 0.118. The quantitative estimate of drug-likeness (QED) is 0.332. The Labute approximate surface area is 194 Å². The number of carbonyl (C=O) groups excluding carboxylic acids is 1. The Morgan fingerprint density at radius 1 is 0.848 bits per heavy atom. The molecule has 0 aliphatic carbocycles. The number of aromatic nitrogens is 3. The van der Waals surface area contributed by atoms with Crippen molar-refractivity contribution in [3.8, 4) is 22.8 Å². The predicted octanol–water partition coefficient (Wildman–Crippen LogP) is 5.52. The second kappa shape index (κ2) is 9.18. The number of nitrogens with zero attached hydrogens (tertiary/aromatic N) is 3. The molecule has 0 saturated carbocycles. The predicted molar refractivity (Wildman–Crippen MR) is 132 cm³/mol. The van der Waals surface area contributed by atoms with Crippen molar-refractivity contribution in [2.24, 2.45) is 0 Å². The van der Waals surface area contributed by atoms with Gasteiger partial charge in [-0.1, -0.05) is 78.5 Å². The van der Waals surface area contributed by atoms with E-state index in [1.165, 1.54) is 11.8 Å². The molecule has 5 aromatic rings. The zero-order chi connectivity index (χ0) is 22.6. The van der Waals surface area contributed by atoms with Crippen LogP contribution in [0, 0.1) is 0 Å². The van der Waals surface area contributed by atoms with Crippen molar-refractivity contribution in [2.45, 2.75) is 5.16 Å². The van der Waals surface area contributed by atoms with Gasteiger partial charge in [0.15, 0.2) is 11.0 Å². The summed E-state index contributed by atoms with van der Waals surface area (Å²) in [6.45, 7) is 0. The van der Waals surface area contributed by atoms with Crippen molar-refractivity contribution in [3.63, 3.8) is 0 Å². The van der Waals surface area contributed by atoms with Crippen LogP contribution in [0.4, 0.5) is 5.69 Å². The number of amides is 1. The maximum absolute atomic E-state index is 12.8. The minimum atomic E-state index is -0.136. The van der Waals surface area contributed by atoms with Crippen LogP contribution < -0.4 is 5.32 Å². The lowest BCUT2D eigenvalue weighted by molar-refractivity contribution is -0.113. The summed E-state index contributed by atoms with van der Waals surface area (Å²) in [7, 11) is 0. The summed E-state index contributed by atoms with van der Waals surface area (Å²) >= 11 is 1.29. The maximum atomic E-state index is 12.8. The second-order valence-corrected chi connectivity index (χ2v) is 8.30. The van der Waals surface area contributed by atoms with Gasteiger partial charge in [0.1, 0.15) is 5.75 Å². The number of benzene rings is 4. The summed E-state index contributed by atoms with van der Waals surface area (Å²) in [5.74, 6) is 0.654. The molecule has 4 aromatic carbocycles. The number of phenols is 1. The molecule has 33 heavy (non-hydrogen) atoms. The van der Waals surface area contributed by atoms with E-state index in [0.717, 1.165) is 22.1 Å². The molecule has 2 N–H and O–H groups in total. The highest BCUT2D eigenvalue weighted by atomic mass is 32.2. The van der Waals surface area contributed by atoms with Gasteiger partial charge in [0, 0.05) is 16.8 Å². The fourth-order valence-electron chi connectivity index (χ4n) is 3.66. The van der Waals surface area contributed by atoms with Gasteiger partial charge in [0.25, 0.3) is 0 Å². The minimum Gasteiger partial charge on any atom is -0.507 e. The molecule has 0 aliphatic heterocycles. The number of para-hydroxylation sites is 2. The van der Waals surface area contributed by atoms with Gasteiger partial charge in [-0.2, -0.15) is 0 Å². The normalized spacial score (nSPS) is 10.9. The number of hydrogen-bond donors (Lipinski definition) is 2. The third-order valence-electron chi connectivity index (χ3n) is 5.19. The molecule has 0 spiro atoms. The van der Waals surface area contributed by atoms with Crippen molar-refractivity contribution in [3.05, 3.63) is 97.1 Å². The van der Waals surface area contributed by atoms with Crippen LogP contribution >= 0.6 is 11.8 Å². The smallest absolute Gasteiger partial charge is 0.234 e. The molecule has 0 radical (unpaired) electrons. The van der Waals surface area contributed by atoms with Crippen LogP contribution in [-0.2, 0) is 4.79 Å². The van der Waals surface area contributed by atoms with Crippen LogP contribution in [0.2, 0.25) is 0 Å². The van der Waals surface area contributed by atoms with Crippen molar-refractivity contribution in [1.29, 1.82) is 0 Å². The van der Waals surface area contributed by atoms with Gasteiger partial charge in [0.2, 0.25) is 5.91 Å². The average Bonchev–Trinajstić information content (AvgIpc) is 3.27. The number of carbonyl (C=O) groups is 1. The van der Waals surface area contributed by atoms with Gasteiger partial charge in [-0.05, 0) is 35.7 Å². The van der Waals surface area contributed by atoms with Crippen molar-refractivity contribution in [1.82, 2.24) is 14.8 Å². The highest BCUT2D eigenvalue weighted by Crippen LogP contribution is 2.32. The average molecular weight is 453 g/mol. The summed E-state index contributed by atoms with van der Waals surface area (Å²) in [5.41, 5.74) is 2.19. The van der Waals surface area contributed by atoms with Crippen molar-refractivity contribution >= 4 is 34.1 Å². The van der Waals surface area contributed by atoms with Gasteiger partial charge in [-0.25, -0.2) is 0 Å². The Morgan fingerprint density at radius 3 is 2.42 bits per heavy atom. The molecule has 1 amide bonds. The number of rotatable bonds is 6. The first-order valence-corrected chi connectivity index (χ1v) is 11.4. The zero-order valence-corrected chi connectivity index (χ0v) is 18.4. The van der Waals surface area contributed by atoms with E-state index in [1.807, 2.05) is 83.4 Å². The van der Waals surface area contributed by atoms with Crippen LogP contribution in [0.3, 0.4) is 0 Å². The lowest BCUT2D eigenvalue weighted by Crippen LogP contribution is -2.14. The van der Waals surface area contributed by atoms with E-state index in [2.05, 4.69) is 15.5 Å². The number of hydrogen-bond acceptors (Lipinski definition) is 5. The van der Waals surface area contributed by atoms with Crippen LogP contribution in [0.15, 0.2) is 102 Å². The largest absolute Gasteiger partial charge is 0.507 e. The Hall–Kier alpha value is -4.10. The third-order valence-corrected chi connectivity index (χ3v) is 6.12. The van der Waals surface area contributed by atoms with E-state index in [0.29, 0.717) is 16.5 Å². The molecule has 0 atom stereocenters. The number of phenolic OH excluding ortho intramolecular Hbond substituents is 1. The molecule has 5 rings (SSSR count). The Kier molecular flexibility index (Phi) is 5.78. The van der Waals surface area contributed by atoms with Gasteiger partial charge in [0.05, 0.1) is 11.3 Å². The molecule has 0 aliphatic rings. The number of nitrogens with one attached hydrogen (secondary N) is 1. The summed E-state index contributed by atoms with van der Waals surface area (Å²) < 4.78 is 1.85. The topological polar surface area (TPSA) is 80.0 Å². The lowest BCUT2D eigenvalue weighted by atomic mass is 10.1. The fraction of sp³-hybridized carbons (Fsp3) is 0.0385. The standard InChI is InChI=1S/C26H20N4O2S/c31-23-16-7-6-14-21(23)25-28-29-26(30(25)19-11-2-1-3-12-19)33-17-24(32)27-22-15-8-10-18-9-4-5-13-20(18)22/h1-16,31H,17H2,(H,27,32). The van der Waals surface area contributed by atoms with E-state index in [9.17, 15) is 9.90 Å². The van der Waals surface area contributed by atoms with Gasteiger partial charge >= 0.3 is 0 Å². The Bertz CT molecular complexity index is 1430. The number of anilines is 1. The van der Waals surface area contributed by atoms with Crippen LogP contribution in [0.5, 0.6) is 5.75 Å². The highest BCUT2D eigenvalue weighted by Gasteiger charge is 2.19. The summed E-state index contributed by atoms with van der Waals surface area (Å²) in [5, 5.41) is 24.6. The number of thioether (sulfide) groups is 1. The fourth-order valence-corrected chi connectivity index (χ4v) is 4.41. The molecule has 6 nitrogen and oxygen atoms in total. The molecular weight excluding hydrogens is 432 g/mol. The Balaban J connectivity index is 1.42. The van der Waals surface area contributed by atoms with E-state index in [-0.39, 0.29) is 17.4 Å². The van der Waals surface area contributed by atoms with E-state index >= 15 is 0 Å². The molecule has 0 bridgehead atoms. The number of fused-ring (bicyclic) bond motifs is 1. The molecular formula is C26H20N4O2S. The van der Waals surface area contributed by atoms with Crippen LogP contribution in [0.25, 0.3) is 27.8 Å². The van der Waals surface area contributed by atoms with Gasteiger partial charge < -0.3 is 10.4 Å². The van der Waals surface area contributed by atoms with E-state index < -0.39 is 0 Å².